The lowest BCUT2D eigenvalue weighted by Crippen LogP contribution is -2.72. The van der Waals surface area contributed by atoms with Gasteiger partial charge in [-0.15, -0.1) is 0 Å². The molecule has 174 valence electrons. The summed E-state index contributed by atoms with van der Waals surface area (Å²) in [4.78, 5) is 0. The largest absolute Gasteiger partial charge is 0.318 e. The molecular weight excluding hydrogens is 473 g/mol. The number of aryl methyl sites for hydroxylation is 2. The molecule has 9 nitrogen and oxygen atoms in total. The smallest absolute Gasteiger partial charge is 0.265 e. The lowest BCUT2D eigenvalue weighted by molar-refractivity contribution is -0.438. The van der Waals surface area contributed by atoms with Crippen molar-refractivity contribution in [1.82, 2.24) is 30.4 Å². The van der Waals surface area contributed by atoms with Crippen LogP contribution in [0.4, 0.5) is 0 Å². The van der Waals surface area contributed by atoms with Gasteiger partial charge in [0, 0.05) is 0 Å². The van der Waals surface area contributed by atoms with Crippen molar-refractivity contribution in [2.24, 2.45) is 10.2 Å². The summed E-state index contributed by atoms with van der Waals surface area (Å²) < 4.78 is 3.34. The van der Waals surface area contributed by atoms with Gasteiger partial charge in [-0.1, -0.05) is 59.6 Å². The number of benzene rings is 2. The number of hydrazone groups is 2. The third-order valence-corrected chi connectivity index (χ3v) is 5.67. The summed E-state index contributed by atoms with van der Waals surface area (Å²) in [7, 11) is 0. The van der Waals surface area contributed by atoms with Crippen LogP contribution in [0.15, 0.2) is 70.9 Å². The Morgan fingerprint density at radius 1 is 0.765 bits per heavy atom. The molecule has 2 heterocycles. The van der Waals surface area contributed by atoms with Crippen LogP contribution < -0.4 is 16.6 Å². The Hall–Kier alpha value is -3.66. The van der Waals surface area contributed by atoms with Crippen LogP contribution in [0.5, 0.6) is 0 Å². The molecule has 11 heteroatoms. The first kappa shape index (κ1) is 23.5. The molecule has 4 rings (SSSR count). The van der Waals surface area contributed by atoms with E-state index >= 15 is 0 Å². The number of hydrogen-bond acceptors (Lipinski definition) is 6. The van der Waals surface area contributed by atoms with Crippen LogP contribution in [0.2, 0.25) is 10.3 Å². The summed E-state index contributed by atoms with van der Waals surface area (Å²) in [6.45, 7) is 3.75. The molecule has 0 aliphatic heterocycles. The van der Waals surface area contributed by atoms with E-state index in [0.29, 0.717) is 21.4 Å². The van der Waals surface area contributed by atoms with Crippen molar-refractivity contribution in [3.8, 4) is 11.4 Å². The highest BCUT2D eigenvalue weighted by atomic mass is 35.5. The van der Waals surface area contributed by atoms with Crippen LogP contribution in [0, 0.1) is 13.8 Å². The molecule has 4 aromatic rings. The van der Waals surface area contributed by atoms with Crippen LogP contribution in [-0.4, -0.2) is 38.3 Å². The maximum absolute atomic E-state index is 6.51. The van der Waals surface area contributed by atoms with Gasteiger partial charge in [-0.3, -0.25) is 0 Å². The average molecular weight is 497 g/mol. The fraction of sp³-hybridized carbons (Fsp3) is 0.130. The second-order valence-corrected chi connectivity index (χ2v) is 8.12. The third-order valence-electron chi connectivity index (χ3n) is 4.95. The monoisotopic (exact) mass is 496 g/mol. The van der Waals surface area contributed by atoms with Gasteiger partial charge in [0.25, 0.3) is 6.29 Å². The molecule has 0 atom stereocenters. The number of quaternary nitrogens is 1. The number of rotatable bonds is 8. The van der Waals surface area contributed by atoms with Crippen LogP contribution >= 0.6 is 23.2 Å². The average Bonchev–Trinajstić information content (AvgIpc) is 3.30. The Bertz CT molecular complexity index is 1210. The molecule has 0 unspecified atom stereocenters. The fourth-order valence-corrected chi connectivity index (χ4v) is 3.85. The van der Waals surface area contributed by atoms with E-state index in [1.165, 1.54) is 0 Å². The number of hydrogen-bond donors (Lipinski definition) is 3. The van der Waals surface area contributed by atoms with E-state index in [9.17, 15) is 0 Å². The lowest BCUT2D eigenvalue weighted by Gasteiger charge is -2.06. The summed E-state index contributed by atoms with van der Waals surface area (Å²) in [5, 5.41) is 18.4. The first-order valence-electron chi connectivity index (χ1n) is 10.5. The van der Waals surface area contributed by atoms with Crippen LogP contribution in [-0.2, 0) is 0 Å². The van der Waals surface area contributed by atoms with Gasteiger partial charge in [0.2, 0.25) is 0 Å². The lowest BCUT2D eigenvalue weighted by atomic mass is 10.3. The Kier molecular flexibility index (Phi) is 7.27. The van der Waals surface area contributed by atoms with E-state index in [1.54, 1.807) is 21.8 Å². The van der Waals surface area contributed by atoms with E-state index in [-0.39, 0.29) is 0 Å². The van der Waals surface area contributed by atoms with Crippen molar-refractivity contribution in [1.29, 1.82) is 0 Å². The zero-order valence-electron chi connectivity index (χ0n) is 18.7. The van der Waals surface area contributed by atoms with Crippen molar-refractivity contribution in [3.05, 3.63) is 93.5 Å². The predicted octanol–water partition coefficient (Wildman–Crippen LogP) is 3.05. The van der Waals surface area contributed by atoms with Gasteiger partial charge >= 0.3 is 0 Å². The molecule has 0 spiro atoms. The highest BCUT2D eigenvalue weighted by Gasteiger charge is 2.14. The first-order valence-corrected chi connectivity index (χ1v) is 11.2. The van der Waals surface area contributed by atoms with Gasteiger partial charge < -0.3 is 5.73 Å². The molecule has 0 amide bonds. The minimum Gasteiger partial charge on any atom is -0.318 e. The SMILES string of the molecule is Cc1nn(-c2ccccc2)c(Cl)c1C=NNC([NH3+])NN=Cc1c(C)nn(-c2ccccc2)c1Cl. The molecule has 34 heavy (non-hydrogen) atoms. The molecule has 0 aliphatic carbocycles. The maximum atomic E-state index is 6.51. The molecule has 0 aliphatic rings. The molecule has 0 fully saturated rings. The van der Waals surface area contributed by atoms with Crippen LogP contribution in [0.3, 0.4) is 0 Å². The van der Waals surface area contributed by atoms with Gasteiger partial charge in [0.15, 0.2) is 0 Å². The standard InChI is InChI=1S/C23H23Cl2N9/c1-15-19(21(24)33(31-15)17-9-5-3-6-10-17)13-27-29-23(26)30-28-14-20-16(2)32-34(22(20)25)18-11-7-4-8-12-18/h3-14,23,29-30H,26H2,1-2H3/p+1. The minimum absolute atomic E-state index is 0.474. The molecule has 2 aromatic carbocycles. The van der Waals surface area contributed by atoms with Crippen molar-refractivity contribution in [2.75, 3.05) is 0 Å². The van der Waals surface area contributed by atoms with E-state index < -0.39 is 6.29 Å². The van der Waals surface area contributed by atoms with Crippen LogP contribution in [0.1, 0.15) is 22.5 Å². The van der Waals surface area contributed by atoms with Gasteiger partial charge in [-0.25, -0.2) is 20.2 Å². The predicted molar refractivity (Wildman–Crippen MR) is 135 cm³/mol. The molecular formula is C23H24Cl2N9+. The first-order chi connectivity index (χ1) is 16.5. The molecule has 0 radical (unpaired) electrons. The highest BCUT2D eigenvalue weighted by molar-refractivity contribution is 6.32. The minimum atomic E-state index is -0.501. The summed E-state index contributed by atoms with van der Waals surface area (Å²) in [6, 6.07) is 19.3. The van der Waals surface area contributed by atoms with Gasteiger partial charge in [0.1, 0.15) is 10.3 Å². The highest BCUT2D eigenvalue weighted by Crippen LogP contribution is 2.22. The molecule has 5 N–H and O–H groups in total. The molecule has 2 aromatic heterocycles. The van der Waals surface area contributed by atoms with Gasteiger partial charge in [-0.05, 0) is 38.1 Å². The quantitative estimate of drug-likeness (QED) is 0.197. The number of nitrogens with one attached hydrogen (secondary N) is 2. The number of aromatic nitrogens is 4. The Morgan fingerprint density at radius 2 is 1.15 bits per heavy atom. The van der Waals surface area contributed by atoms with Crippen molar-refractivity contribution in [2.45, 2.75) is 20.1 Å². The maximum Gasteiger partial charge on any atom is 0.265 e. The van der Waals surface area contributed by atoms with Gasteiger partial charge in [-0.2, -0.15) is 20.4 Å². The summed E-state index contributed by atoms with van der Waals surface area (Å²) >= 11 is 13.0. The second-order valence-electron chi connectivity index (χ2n) is 7.40. The topological polar surface area (TPSA) is 112 Å². The Morgan fingerprint density at radius 3 is 1.53 bits per heavy atom. The van der Waals surface area contributed by atoms with Crippen molar-refractivity contribution >= 4 is 35.6 Å². The van der Waals surface area contributed by atoms with Gasteiger partial charge in [0.05, 0.1) is 46.3 Å². The summed E-state index contributed by atoms with van der Waals surface area (Å²) in [5.41, 5.74) is 14.4. The zero-order valence-corrected chi connectivity index (χ0v) is 20.2. The van der Waals surface area contributed by atoms with E-state index in [2.05, 4.69) is 37.0 Å². The van der Waals surface area contributed by atoms with E-state index in [1.807, 2.05) is 74.5 Å². The number of para-hydroxylation sites is 2. The third kappa shape index (κ3) is 5.12. The normalized spacial score (nSPS) is 12.5. The number of halogens is 2. The van der Waals surface area contributed by atoms with E-state index in [4.69, 9.17) is 23.2 Å². The Balaban J connectivity index is 1.38. The zero-order chi connectivity index (χ0) is 24.1. The second kappa shape index (κ2) is 10.5. The van der Waals surface area contributed by atoms with Crippen LogP contribution in [0.25, 0.3) is 11.4 Å². The van der Waals surface area contributed by atoms with Crippen molar-refractivity contribution in [3.63, 3.8) is 0 Å². The molecule has 0 saturated carbocycles. The molecule has 0 saturated heterocycles. The number of nitrogens with zero attached hydrogens (tertiary/aromatic N) is 6. The fourth-order valence-electron chi connectivity index (χ4n) is 3.21. The molecule has 0 bridgehead atoms. The summed E-state index contributed by atoms with van der Waals surface area (Å²) in [6.07, 6.45) is 2.72. The Labute approximate surface area is 206 Å². The van der Waals surface area contributed by atoms with E-state index in [0.717, 1.165) is 22.8 Å². The summed E-state index contributed by atoms with van der Waals surface area (Å²) in [5.74, 6) is 0. The van der Waals surface area contributed by atoms with Crippen molar-refractivity contribution < 1.29 is 5.73 Å².